The van der Waals surface area contributed by atoms with Crippen molar-refractivity contribution in [2.75, 3.05) is 18.0 Å². The van der Waals surface area contributed by atoms with Crippen LogP contribution in [0.25, 0.3) is 0 Å². The van der Waals surface area contributed by atoms with Gasteiger partial charge in [-0.3, -0.25) is 19.2 Å². The van der Waals surface area contributed by atoms with Crippen LogP contribution in [-0.4, -0.2) is 81.0 Å². The predicted molar refractivity (Wildman–Crippen MR) is 225 cm³/mol. The first kappa shape index (κ1) is 46.2. The number of nitrogens with one attached hydrogen (secondary N) is 2. The molecule has 6 atom stereocenters. The first-order chi connectivity index (χ1) is 29.6. The van der Waals surface area contributed by atoms with E-state index in [2.05, 4.69) is 10.6 Å². The number of nitrogens with two attached hydrogens (primary N) is 2. The fourth-order valence-corrected chi connectivity index (χ4v) is 9.87. The van der Waals surface area contributed by atoms with E-state index in [0.29, 0.717) is 42.5 Å². The number of hydrogen-bond acceptors (Lipinski definition) is 7. The minimum atomic E-state index is -4.57. The molecule has 8 N–H and O–H groups in total. The number of carbonyl (C=O) groups is 6. The van der Waals surface area contributed by atoms with Gasteiger partial charge in [0.15, 0.2) is 0 Å². The number of likely N-dealkylation sites (tertiary alicyclic amines) is 2. The van der Waals surface area contributed by atoms with Crippen LogP contribution in [0.3, 0.4) is 0 Å². The van der Waals surface area contributed by atoms with Crippen LogP contribution < -0.4 is 27.0 Å². The second-order valence-corrected chi connectivity index (χ2v) is 17.3. The number of carbonyl (C=O) groups excluding carboxylic acids is 4. The van der Waals surface area contributed by atoms with E-state index >= 15 is 0 Å². The number of benzene rings is 3. The quantitative estimate of drug-likeness (QED) is 0.119. The monoisotopic (exact) mass is 877 g/mol. The summed E-state index contributed by atoms with van der Waals surface area (Å²) in [7, 11) is 0. The van der Waals surface area contributed by atoms with Crippen LogP contribution in [0.5, 0.6) is 0 Å². The van der Waals surface area contributed by atoms with Crippen molar-refractivity contribution in [1.82, 2.24) is 20.4 Å². The van der Waals surface area contributed by atoms with Crippen molar-refractivity contribution in [3.63, 3.8) is 0 Å². The molecular formula is C45H54F3N7O8. The Morgan fingerprint density at radius 3 is 1.30 bits per heavy atom. The van der Waals surface area contributed by atoms with Crippen molar-refractivity contribution >= 4 is 41.5 Å². The van der Waals surface area contributed by atoms with E-state index in [1.165, 1.54) is 21.9 Å². The van der Waals surface area contributed by atoms with Gasteiger partial charge in [-0.1, -0.05) is 76.2 Å². The van der Waals surface area contributed by atoms with Gasteiger partial charge < -0.3 is 47.0 Å². The van der Waals surface area contributed by atoms with Gasteiger partial charge in [0, 0.05) is 18.8 Å². The Hall–Kier alpha value is -6.33. The van der Waals surface area contributed by atoms with Gasteiger partial charge in [0.2, 0.25) is 23.6 Å². The van der Waals surface area contributed by atoms with Gasteiger partial charge in [0.05, 0.1) is 17.6 Å². The first-order valence-electron chi connectivity index (χ1n) is 21.0. The van der Waals surface area contributed by atoms with Gasteiger partial charge in [0.25, 0.3) is 0 Å². The molecule has 0 aromatic heterocycles. The van der Waals surface area contributed by atoms with E-state index in [9.17, 15) is 52.2 Å². The number of amides is 6. The van der Waals surface area contributed by atoms with Crippen molar-refractivity contribution in [2.45, 2.75) is 108 Å². The Bertz CT molecular complexity index is 2090. The molecule has 338 valence electrons. The third-order valence-electron chi connectivity index (χ3n) is 13.0. The molecule has 6 rings (SSSR count). The highest BCUT2D eigenvalue weighted by molar-refractivity contribution is 5.96. The van der Waals surface area contributed by atoms with Gasteiger partial charge in [-0.25, -0.2) is 9.59 Å². The zero-order chi connectivity index (χ0) is 46.2. The average molecular weight is 878 g/mol. The highest BCUT2D eigenvalue weighted by Gasteiger charge is 2.53. The molecule has 3 saturated heterocycles. The molecule has 0 aliphatic carbocycles. The van der Waals surface area contributed by atoms with Gasteiger partial charge in [0.1, 0.15) is 23.2 Å². The van der Waals surface area contributed by atoms with Crippen LogP contribution in [-0.2, 0) is 36.4 Å². The minimum Gasteiger partial charge on any atom is -0.465 e. The SMILES string of the molecule is CC(C)[C@H](NC(=O)O)C(=O)N1CCC[C@@]1(C(N)=O)c1ccc([C@H]2CC[C@H](c3ccc([C@]4(C(N)=O)CCCN4C(=O)[C@@H](NC(=O)O)C(C)C)cc3)N2c2ccc(C(F)(F)F)cc2)cc1. The number of alkyl halides is 3. The summed E-state index contributed by atoms with van der Waals surface area (Å²) in [6, 6.07) is 15.9. The maximum Gasteiger partial charge on any atom is 0.416 e. The maximum atomic E-state index is 13.9. The summed E-state index contributed by atoms with van der Waals surface area (Å²) < 4.78 is 41.2. The lowest BCUT2D eigenvalue weighted by Gasteiger charge is -2.39. The summed E-state index contributed by atoms with van der Waals surface area (Å²) in [5.74, 6) is -3.55. The molecule has 0 unspecified atom stereocenters. The summed E-state index contributed by atoms with van der Waals surface area (Å²) in [6.45, 7) is 7.12. The first-order valence-corrected chi connectivity index (χ1v) is 21.0. The lowest BCUT2D eigenvalue weighted by atomic mass is 9.84. The van der Waals surface area contributed by atoms with Crippen LogP contribution in [0.4, 0.5) is 28.4 Å². The number of hydrogen-bond donors (Lipinski definition) is 6. The van der Waals surface area contributed by atoms with Crippen LogP contribution in [0.2, 0.25) is 0 Å². The van der Waals surface area contributed by atoms with Gasteiger partial charge in [-0.2, -0.15) is 13.2 Å². The topological polar surface area (TPSA) is 229 Å². The van der Waals surface area contributed by atoms with E-state index in [1.807, 2.05) is 4.90 Å². The summed E-state index contributed by atoms with van der Waals surface area (Å²) in [6.07, 6.45) is -4.92. The standard InChI is InChI=1S/C45H54F3N7O8/c1-25(2)35(51-41(60)61)37(56)53-23-5-21-43(53,39(49)58)29-11-7-27(8-12-29)33-19-20-34(55(33)32-17-15-31(16-18-32)45(46,47)48)28-9-13-30(14-10-28)44(40(50)59)22-6-24-54(44)38(57)36(26(3)4)52-42(62)63/h7-18,25-26,33-36,51-52H,5-6,19-24H2,1-4H3,(H2,49,58)(H2,50,59)(H,60,61)(H,62,63)/t33-,34-,35+,36+,43+,44+/m1/s1. The highest BCUT2D eigenvalue weighted by atomic mass is 19.4. The highest BCUT2D eigenvalue weighted by Crippen LogP contribution is 2.49. The molecule has 3 aliphatic heterocycles. The number of carboxylic acid groups (broad SMARTS) is 2. The number of anilines is 1. The van der Waals surface area contributed by atoms with Gasteiger partial charge >= 0.3 is 18.4 Å². The Morgan fingerprint density at radius 1 is 0.635 bits per heavy atom. The molecule has 0 radical (unpaired) electrons. The van der Waals surface area contributed by atoms with Crippen LogP contribution in [0, 0.1) is 11.8 Å². The van der Waals surface area contributed by atoms with E-state index in [0.717, 1.165) is 23.3 Å². The fraction of sp³-hybridized carbons (Fsp3) is 0.467. The number of nitrogens with zero attached hydrogens (tertiary/aromatic N) is 3. The van der Waals surface area contributed by atoms with E-state index < -0.39 is 82.6 Å². The third kappa shape index (κ3) is 8.58. The third-order valence-corrected chi connectivity index (χ3v) is 13.0. The van der Waals surface area contributed by atoms with E-state index in [-0.39, 0.29) is 38.0 Å². The van der Waals surface area contributed by atoms with Crippen LogP contribution in [0.1, 0.15) is 106 Å². The Kier molecular flexibility index (Phi) is 13.1. The summed E-state index contributed by atoms with van der Waals surface area (Å²) in [5.41, 5.74) is 11.1. The lowest BCUT2D eigenvalue weighted by Crippen LogP contribution is -2.59. The fourth-order valence-electron chi connectivity index (χ4n) is 9.87. The molecular weight excluding hydrogens is 824 g/mol. The van der Waals surface area contributed by atoms with Crippen molar-refractivity contribution in [1.29, 1.82) is 0 Å². The second-order valence-electron chi connectivity index (χ2n) is 17.3. The number of halogens is 3. The lowest BCUT2D eigenvalue weighted by molar-refractivity contribution is -0.146. The Balaban J connectivity index is 1.36. The van der Waals surface area contributed by atoms with Gasteiger partial charge in [-0.15, -0.1) is 0 Å². The van der Waals surface area contributed by atoms with E-state index in [1.54, 1.807) is 76.2 Å². The minimum absolute atomic E-state index is 0.175. The summed E-state index contributed by atoms with van der Waals surface area (Å²) >= 11 is 0. The molecule has 0 spiro atoms. The molecule has 3 fully saturated rings. The summed E-state index contributed by atoms with van der Waals surface area (Å²) in [4.78, 5) is 82.4. The molecule has 0 bridgehead atoms. The molecule has 0 saturated carbocycles. The van der Waals surface area contributed by atoms with Crippen LogP contribution >= 0.6 is 0 Å². The molecule has 15 nitrogen and oxygen atoms in total. The van der Waals surface area contributed by atoms with Crippen LogP contribution in [0.15, 0.2) is 72.8 Å². The molecule has 3 heterocycles. The van der Waals surface area contributed by atoms with E-state index in [4.69, 9.17) is 11.5 Å². The maximum absolute atomic E-state index is 13.9. The Labute approximate surface area is 362 Å². The zero-order valence-corrected chi connectivity index (χ0v) is 35.5. The van der Waals surface area contributed by atoms with Crippen molar-refractivity contribution in [2.24, 2.45) is 23.3 Å². The molecule has 63 heavy (non-hydrogen) atoms. The molecule has 3 aliphatic rings. The molecule has 6 amide bonds. The predicted octanol–water partition coefficient (Wildman–Crippen LogP) is 5.98. The Morgan fingerprint density at radius 2 is 1.00 bits per heavy atom. The number of primary amides is 2. The smallest absolute Gasteiger partial charge is 0.416 e. The average Bonchev–Trinajstić information content (AvgIpc) is 4.00. The normalized spacial score (nSPS) is 23.5. The van der Waals surface area contributed by atoms with Crippen molar-refractivity contribution < 1.29 is 52.2 Å². The zero-order valence-electron chi connectivity index (χ0n) is 35.5. The summed E-state index contributed by atoms with van der Waals surface area (Å²) in [5, 5.41) is 23.5. The number of rotatable bonds is 13. The van der Waals surface area contributed by atoms with Gasteiger partial charge in [-0.05, 0) is 96.9 Å². The largest absolute Gasteiger partial charge is 0.465 e. The van der Waals surface area contributed by atoms with Crippen molar-refractivity contribution in [3.05, 3.63) is 101 Å². The van der Waals surface area contributed by atoms with Crippen molar-refractivity contribution in [3.8, 4) is 0 Å². The molecule has 3 aromatic rings. The molecule has 3 aromatic carbocycles. The molecule has 18 heteroatoms. The second kappa shape index (κ2) is 17.8.